The van der Waals surface area contributed by atoms with Gasteiger partial charge in [-0.05, 0) is 11.6 Å². The number of hydrogen-bond donors (Lipinski definition) is 3. The second kappa shape index (κ2) is 4.25. The van der Waals surface area contributed by atoms with Gasteiger partial charge in [-0.2, -0.15) is 13.2 Å². The van der Waals surface area contributed by atoms with Gasteiger partial charge in [0, 0.05) is 6.42 Å². The average molecular weight is 250 g/mol. The number of benzene rings is 1. The lowest BCUT2D eigenvalue weighted by Gasteiger charge is -2.26. The van der Waals surface area contributed by atoms with Crippen LogP contribution in [0.3, 0.4) is 0 Å². The third-order valence-electron chi connectivity index (χ3n) is 2.26. The van der Waals surface area contributed by atoms with Crippen LogP contribution in [0.2, 0.25) is 0 Å². The molecule has 0 fully saturated rings. The fraction of sp³-hybridized carbons (Fsp3) is 0.300. The number of phenols is 1. The quantitative estimate of drug-likeness (QED) is 0.755. The fourth-order valence-corrected chi connectivity index (χ4v) is 1.23. The number of alkyl halides is 3. The summed E-state index contributed by atoms with van der Waals surface area (Å²) in [4.78, 5) is 10.5. The lowest BCUT2D eigenvalue weighted by atomic mass is 9.93. The molecule has 17 heavy (non-hydrogen) atoms. The second-order valence-electron chi connectivity index (χ2n) is 3.47. The SMILES string of the molecule is O=C(O)C(O)(Cc1ccccc1O)C(F)(F)F. The van der Waals surface area contributed by atoms with Crippen molar-refractivity contribution in [1.82, 2.24) is 0 Å². The number of rotatable bonds is 3. The lowest BCUT2D eigenvalue weighted by Crippen LogP contribution is -2.53. The summed E-state index contributed by atoms with van der Waals surface area (Å²) < 4.78 is 37.4. The Hall–Kier alpha value is -1.76. The molecule has 1 aromatic rings. The van der Waals surface area contributed by atoms with E-state index < -0.39 is 29.9 Å². The standard InChI is InChI=1S/C10H9F3O4/c11-10(12,13)9(17,8(15)16)5-6-3-1-2-4-7(6)14/h1-4,14,17H,5H2,(H,15,16). The maximum Gasteiger partial charge on any atom is 0.428 e. The Bertz CT molecular complexity index is 430. The molecule has 4 nitrogen and oxygen atoms in total. The van der Waals surface area contributed by atoms with Gasteiger partial charge in [0.1, 0.15) is 5.75 Å². The summed E-state index contributed by atoms with van der Waals surface area (Å²) in [6.07, 6.45) is -6.58. The van der Waals surface area contributed by atoms with Crippen molar-refractivity contribution in [3.63, 3.8) is 0 Å². The minimum Gasteiger partial charge on any atom is -0.508 e. The van der Waals surface area contributed by atoms with Crippen LogP contribution in [0.25, 0.3) is 0 Å². The minimum absolute atomic E-state index is 0.297. The molecule has 1 aromatic carbocycles. The highest BCUT2D eigenvalue weighted by atomic mass is 19.4. The molecule has 0 aliphatic carbocycles. The Morgan fingerprint density at radius 2 is 1.76 bits per heavy atom. The molecule has 0 aliphatic heterocycles. The largest absolute Gasteiger partial charge is 0.508 e. The molecule has 0 spiro atoms. The number of hydrogen-bond acceptors (Lipinski definition) is 3. The highest BCUT2D eigenvalue weighted by molar-refractivity contribution is 5.79. The van der Waals surface area contributed by atoms with Gasteiger partial charge in [0.2, 0.25) is 0 Å². The van der Waals surface area contributed by atoms with Crippen LogP contribution in [0.5, 0.6) is 5.75 Å². The monoisotopic (exact) mass is 250 g/mol. The van der Waals surface area contributed by atoms with Gasteiger partial charge in [0.05, 0.1) is 0 Å². The first-order chi connectivity index (χ1) is 7.68. The van der Waals surface area contributed by atoms with Crippen LogP contribution < -0.4 is 0 Å². The van der Waals surface area contributed by atoms with Gasteiger partial charge < -0.3 is 15.3 Å². The third-order valence-corrected chi connectivity index (χ3v) is 2.26. The molecule has 94 valence electrons. The van der Waals surface area contributed by atoms with Gasteiger partial charge in [-0.1, -0.05) is 18.2 Å². The predicted molar refractivity (Wildman–Crippen MR) is 50.5 cm³/mol. The van der Waals surface area contributed by atoms with Crippen LogP contribution in [-0.2, 0) is 11.2 Å². The molecule has 0 heterocycles. The number of carboxylic acids is 1. The molecule has 0 amide bonds. The van der Waals surface area contributed by atoms with Crippen molar-refractivity contribution in [2.45, 2.75) is 18.2 Å². The van der Waals surface area contributed by atoms with E-state index >= 15 is 0 Å². The zero-order chi connectivity index (χ0) is 13.3. The minimum atomic E-state index is -5.33. The Balaban J connectivity index is 3.13. The maximum atomic E-state index is 12.5. The number of halogens is 3. The summed E-state index contributed by atoms with van der Waals surface area (Å²) in [5, 5.41) is 26.9. The van der Waals surface area contributed by atoms with E-state index in [0.29, 0.717) is 0 Å². The molecular formula is C10H9F3O4. The van der Waals surface area contributed by atoms with Gasteiger partial charge in [-0.15, -0.1) is 0 Å². The zero-order valence-electron chi connectivity index (χ0n) is 8.40. The number of aliphatic hydroxyl groups is 1. The van der Waals surface area contributed by atoms with Gasteiger partial charge in [0.25, 0.3) is 5.60 Å². The third kappa shape index (κ3) is 2.50. The first kappa shape index (κ1) is 13.3. The molecule has 0 aliphatic rings. The van der Waals surface area contributed by atoms with Crippen LogP contribution in [0.15, 0.2) is 24.3 Å². The Morgan fingerprint density at radius 3 is 2.18 bits per heavy atom. The number of carboxylic acid groups (broad SMARTS) is 1. The van der Waals surface area contributed by atoms with Crippen LogP contribution in [-0.4, -0.2) is 33.1 Å². The first-order valence-electron chi connectivity index (χ1n) is 4.48. The van der Waals surface area contributed by atoms with E-state index in [1.807, 2.05) is 0 Å². The molecule has 0 radical (unpaired) electrons. The van der Waals surface area contributed by atoms with Crippen molar-refractivity contribution >= 4 is 5.97 Å². The van der Waals surface area contributed by atoms with E-state index in [2.05, 4.69) is 0 Å². The van der Waals surface area contributed by atoms with E-state index in [-0.39, 0.29) is 5.56 Å². The molecule has 0 bridgehead atoms. The van der Waals surface area contributed by atoms with E-state index in [0.717, 1.165) is 12.1 Å². The van der Waals surface area contributed by atoms with Crippen molar-refractivity contribution in [3.05, 3.63) is 29.8 Å². The normalized spacial score (nSPS) is 15.3. The lowest BCUT2D eigenvalue weighted by molar-refractivity contribution is -0.259. The number of aromatic hydroxyl groups is 1. The highest BCUT2D eigenvalue weighted by Gasteiger charge is 2.60. The summed E-state index contributed by atoms with van der Waals surface area (Å²) >= 11 is 0. The summed E-state index contributed by atoms with van der Waals surface area (Å²) in [7, 11) is 0. The summed E-state index contributed by atoms with van der Waals surface area (Å²) in [6, 6.07) is 4.91. The zero-order valence-corrected chi connectivity index (χ0v) is 8.40. The summed E-state index contributed by atoms with van der Waals surface area (Å²) in [6.45, 7) is 0. The number of carbonyl (C=O) groups is 1. The average Bonchev–Trinajstić information content (AvgIpc) is 2.19. The van der Waals surface area contributed by atoms with Crippen molar-refractivity contribution in [2.75, 3.05) is 0 Å². The van der Waals surface area contributed by atoms with E-state index in [9.17, 15) is 23.1 Å². The van der Waals surface area contributed by atoms with E-state index in [1.165, 1.54) is 12.1 Å². The molecule has 1 unspecified atom stereocenters. The molecule has 7 heteroatoms. The molecule has 0 saturated carbocycles. The second-order valence-corrected chi connectivity index (χ2v) is 3.47. The first-order valence-corrected chi connectivity index (χ1v) is 4.48. The van der Waals surface area contributed by atoms with Gasteiger partial charge >= 0.3 is 12.1 Å². The van der Waals surface area contributed by atoms with Crippen LogP contribution >= 0.6 is 0 Å². The number of phenolic OH excluding ortho intramolecular Hbond substituents is 1. The van der Waals surface area contributed by atoms with E-state index in [1.54, 1.807) is 0 Å². The van der Waals surface area contributed by atoms with Crippen LogP contribution in [0, 0.1) is 0 Å². The van der Waals surface area contributed by atoms with Crippen molar-refractivity contribution < 1.29 is 33.3 Å². The Morgan fingerprint density at radius 1 is 1.24 bits per heavy atom. The number of aliphatic carboxylic acids is 1. The topological polar surface area (TPSA) is 77.8 Å². The molecule has 0 saturated heterocycles. The van der Waals surface area contributed by atoms with Gasteiger partial charge in [0.15, 0.2) is 0 Å². The Kier molecular flexibility index (Phi) is 3.33. The van der Waals surface area contributed by atoms with Crippen LogP contribution in [0.4, 0.5) is 13.2 Å². The van der Waals surface area contributed by atoms with Gasteiger partial charge in [-0.3, -0.25) is 0 Å². The van der Waals surface area contributed by atoms with Crippen molar-refractivity contribution in [3.8, 4) is 5.75 Å². The molecule has 1 rings (SSSR count). The fourth-order valence-electron chi connectivity index (χ4n) is 1.23. The predicted octanol–water partition coefficient (Wildman–Crippen LogP) is 1.31. The molecule has 3 N–H and O–H groups in total. The molecule has 1 atom stereocenters. The van der Waals surface area contributed by atoms with Gasteiger partial charge in [-0.25, -0.2) is 4.79 Å². The Labute approximate surface area is 93.9 Å². The smallest absolute Gasteiger partial charge is 0.428 e. The number of para-hydroxylation sites is 1. The van der Waals surface area contributed by atoms with Crippen LogP contribution in [0.1, 0.15) is 5.56 Å². The molecule has 0 aromatic heterocycles. The maximum absolute atomic E-state index is 12.5. The highest BCUT2D eigenvalue weighted by Crippen LogP contribution is 2.35. The van der Waals surface area contributed by atoms with Crippen molar-refractivity contribution in [2.24, 2.45) is 0 Å². The van der Waals surface area contributed by atoms with E-state index in [4.69, 9.17) is 10.2 Å². The van der Waals surface area contributed by atoms with Crippen molar-refractivity contribution in [1.29, 1.82) is 0 Å². The summed E-state index contributed by atoms with van der Waals surface area (Å²) in [5.41, 5.74) is -4.21. The molecular weight excluding hydrogens is 241 g/mol. The summed E-state index contributed by atoms with van der Waals surface area (Å²) in [5.74, 6) is -2.91.